The van der Waals surface area contributed by atoms with Crippen molar-refractivity contribution in [2.24, 2.45) is 13.0 Å². The Balaban J connectivity index is 1.71. The highest BCUT2D eigenvalue weighted by Gasteiger charge is 2.21. The topological polar surface area (TPSA) is 47.4 Å². The summed E-state index contributed by atoms with van der Waals surface area (Å²) in [6.07, 6.45) is 2.52. The highest BCUT2D eigenvalue weighted by atomic mass is 16.5. The van der Waals surface area contributed by atoms with Crippen LogP contribution in [0.3, 0.4) is 0 Å². The third kappa shape index (κ3) is 2.78. The van der Waals surface area contributed by atoms with Crippen molar-refractivity contribution in [2.45, 2.75) is 19.3 Å². The lowest BCUT2D eigenvalue weighted by molar-refractivity contribution is -0.118. The van der Waals surface area contributed by atoms with Crippen LogP contribution in [0.15, 0.2) is 24.3 Å². The minimum atomic E-state index is 0.111. The molecule has 1 aromatic carbocycles. The van der Waals surface area contributed by atoms with Gasteiger partial charge in [-0.1, -0.05) is 12.1 Å². The molecule has 0 aliphatic carbocycles. The molecule has 1 amide bonds. The van der Waals surface area contributed by atoms with Crippen molar-refractivity contribution in [1.82, 2.24) is 9.55 Å². The molecule has 1 aliphatic rings. The van der Waals surface area contributed by atoms with Crippen molar-refractivity contribution in [2.75, 3.05) is 25.2 Å². The number of aromatic nitrogens is 2. The van der Waals surface area contributed by atoms with E-state index in [4.69, 9.17) is 4.74 Å². The average molecular weight is 287 g/mol. The van der Waals surface area contributed by atoms with Crippen molar-refractivity contribution >= 4 is 22.9 Å². The molecule has 2 heterocycles. The number of rotatable bonds is 4. The van der Waals surface area contributed by atoms with Gasteiger partial charge in [0.1, 0.15) is 0 Å². The van der Waals surface area contributed by atoms with Crippen LogP contribution in [0.4, 0.5) is 5.95 Å². The van der Waals surface area contributed by atoms with Crippen LogP contribution < -0.4 is 4.90 Å². The number of carbonyl (C=O) groups excluding carboxylic acids is 1. The molecule has 112 valence electrons. The van der Waals surface area contributed by atoms with Crippen molar-refractivity contribution in [3.05, 3.63) is 24.3 Å². The third-order valence-corrected chi connectivity index (χ3v) is 4.23. The Morgan fingerprint density at radius 2 is 2.29 bits per heavy atom. The van der Waals surface area contributed by atoms with Crippen LogP contribution in [0.5, 0.6) is 0 Å². The molecule has 2 aromatic rings. The van der Waals surface area contributed by atoms with Gasteiger partial charge in [0.15, 0.2) is 0 Å². The van der Waals surface area contributed by atoms with E-state index in [1.165, 1.54) is 0 Å². The largest absolute Gasteiger partial charge is 0.381 e. The summed E-state index contributed by atoms with van der Waals surface area (Å²) in [4.78, 5) is 18.6. The van der Waals surface area contributed by atoms with Gasteiger partial charge in [-0.15, -0.1) is 0 Å². The van der Waals surface area contributed by atoms with E-state index in [-0.39, 0.29) is 5.91 Å². The van der Waals surface area contributed by atoms with Crippen LogP contribution in [-0.4, -0.2) is 35.7 Å². The van der Waals surface area contributed by atoms with Gasteiger partial charge in [0.05, 0.1) is 11.0 Å². The van der Waals surface area contributed by atoms with Crippen LogP contribution in [0, 0.1) is 5.92 Å². The molecular weight excluding hydrogens is 266 g/mol. The van der Waals surface area contributed by atoms with E-state index < -0.39 is 0 Å². The smallest absolute Gasteiger partial charge is 0.229 e. The second kappa shape index (κ2) is 5.85. The molecule has 5 nitrogen and oxygen atoms in total. The summed E-state index contributed by atoms with van der Waals surface area (Å²) in [5.41, 5.74) is 1.95. The van der Waals surface area contributed by atoms with Crippen molar-refractivity contribution in [3.8, 4) is 0 Å². The van der Waals surface area contributed by atoms with Gasteiger partial charge in [-0.05, 0) is 30.9 Å². The van der Waals surface area contributed by atoms with E-state index in [0.29, 0.717) is 18.3 Å². The Morgan fingerprint density at radius 3 is 3.00 bits per heavy atom. The molecule has 0 bridgehead atoms. The monoisotopic (exact) mass is 287 g/mol. The lowest BCUT2D eigenvalue weighted by Gasteiger charge is -2.17. The number of carbonyl (C=O) groups is 1. The zero-order valence-corrected chi connectivity index (χ0v) is 12.6. The van der Waals surface area contributed by atoms with Crippen LogP contribution in [0.1, 0.15) is 19.3 Å². The summed E-state index contributed by atoms with van der Waals surface area (Å²) in [6.45, 7) is 1.63. The molecule has 1 atom stereocenters. The Morgan fingerprint density at radius 1 is 1.48 bits per heavy atom. The first kappa shape index (κ1) is 14.1. The summed E-state index contributed by atoms with van der Waals surface area (Å²) < 4.78 is 7.32. The first-order valence-corrected chi connectivity index (χ1v) is 7.42. The standard InChI is InChI=1S/C16H21N3O2/c1-18-14-6-4-3-5-13(14)17-16(18)19(2)15(20)8-7-12-9-10-21-11-12/h3-6,12H,7-11H2,1-2H3. The highest BCUT2D eigenvalue weighted by Crippen LogP contribution is 2.22. The van der Waals surface area contributed by atoms with Gasteiger partial charge in [-0.3, -0.25) is 9.69 Å². The van der Waals surface area contributed by atoms with E-state index in [2.05, 4.69) is 4.98 Å². The molecule has 1 aromatic heterocycles. The number of ether oxygens (including phenoxy) is 1. The fourth-order valence-corrected chi connectivity index (χ4v) is 2.85. The fraction of sp³-hybridized carbons (Fsp3) is 0.500. The predicted octanol–water partition coefficient (Wildman–Crippen LogP) is 2.35. The number of fused-ring (bicyclic) bond motifs is 1. The lowest BCUT2D eigenvalue weighted by Crippen LogP contribution is -2.29. The van der Waals surface area contributed by atoms with Gasteiger partial charge in [-0.2, -0.15) is 0 Å². The number of hydrogen-bond acceptors (Lipinski definition) is 3. The third-order valence-electron chi connectivity index (χ3n) is 4.23. The maximum Gasteiger partial charge on any atom is 0.229 e. The SMILES string of the molecule is CN(C(=O)CCC1CCOC1)c1nc2ccccc2n1C. The van der Waals surface area contributed by atoms with Gasteiger partial charge in [0.2, 0.25) is 11.9 Å². The first-order valence-electron chi connectivity index (χ1n) is 7.42. The Hall–Kier alpha value is -1.88. The fourth-order valence-electron chi connectivity index (χ4n) is 2.85. The van der Waals surface area contributed by atoms with Crippen LogP contribution in [0.25, 0.3) is 11.0 Å². The number of hydrogen-bond donors (Lipinski definition) is 0. The Kier molecular flexibility index (Phi) is 3.92. The molecule has 0 radical (unpaired) electrons. The van der Waals surface area contributed by atoms with Crippen molar-refractivity contribution in [1.29, 1.82) is 0 Å². The minimum Gasteiger partial charge on any atom is -0.381 e. The van der Waals surface area contributed by atoms with Crippen molar-refractivity contribution < 1.29 is 9.53 Å². The molecule has 21 heavy (non-hydrogen) atoms. The number of para-hydroxylation sites is 2. The van der Waals surface area contributed by atoms with Crippen LogP contribution >= 0.6 is 0 Å². The zero-order valence-electron chi connectivity index (χ0n) is 12.6. The van der Waals surface area contributed by atoms with E-state index in [0.717, 1.165) is 37.1 Å². The van der Waals surface area contributed by atoms with Crippen molar-refractivity contribution in [3.63, 3.8) is 0 Å². The van der Waals surface area contributed by atoms with Gasteiger partial charge in [0.25, 0.3) is 0 Å². The quantitative estimate of drug-likeness (QED) is 0.867. The molecule has 1 saturated heterocycles. The zero-order chi connectivity index (χ0) is 14.8. The van der Waals surface area contributed by atoms with Crippen LogP contribution in [0.2, 0.25) is 0 Å². The van der Waals surface area contributed by atoms with Gasteiger partial charge in [-0.25, -0.2) is 4.98 Å². The number of anilines is 1. The van der Waals surface area contributed by atoms with E-state index in [9.17, 15) is 4.79 Å². The normalized spacial score (nSPS) is 18.3. The average Bonchev–Trinajstić information content (AvgIpc) is 3.13. The summed E-state index contributed by atoms with van der Waals surface area (Å²) in [5.74, 6) is 1.34. The molecule has 0 saturated carbocycles. The summed E-state index contributed by atoms with van der Waals surface area (Å²) in [7, 11) is 3.74. The maximum atomic E-state index is 12.4. The molecule has 1 aliphatic heterocycles. The highest BCUT2D eigenvalue weighted by molar-refractivity contribution is 5.93. The molecule has 0 N–H and O–H groups in total. The first-order chi connectivity index (χ1) is 10.2. The minimum absolute atomic E-state index is 0.111. The number of imidazole rings is 1. The van der Waals surface area contributed by atoms with E-state index in [1.54, 1.807) is 11.9 Å². The molecule has 1 fully saturated rings. The Labute approximate surface area is 124 Å². The molecule has 0 spiro atoms. The van der Waals surface area contributed by atoms with Crippen LogP contribution in [-0.2, 0) is 16.6 Å². The number of benzene rings is 1. The predicted molar refractivity (Wildman–Crippen MR) is 82.3 cm³/mol. The number of aryl methyl sites for hydroxylation is 1. The lowest BCUT2D eigenvalue weighted by atomic mass is 10.0. The Bertz CT molecular complexity index is 644. The molecular formula is C16H21N3O2. The van der Waals surface area contributed by atoms with Gasteiger partial charge < -0.3 is 9.30 Å². The maximum absolute atomic E-state index is 12.4. The summed E-state index contributed by atoms with van der Waals surface area (Å²) in [6, 6.07) is 7.92. The second-order valence-electron chi connectivity index (χ2n) is 5.68. The molecule has 5 heteroatoms. The number of nitrogens with zero attached hydrogens (tertiary/aromatic N) is 3. The summed E-state index contributed by atoms with van der Waals surface area (Å²) in [5, 5.41) is 0. The molecule has 1 unspecified atom stereocenters. The van der Waals surface area contributed by atoms with E-state index >= 15 is 0 Å². The number of amides is 1. The van der Waals surface area contributed by atoms with E-state index in [1.807, 2.05) is 35.9 Å². The molecule has 3 rings (SSSR count). The second-order valence-corrected chi connectivity index (χ2v) is 5.68. The van der Waals surface area contributed by atoms with Gasteiger partial charge >= 0.3 is 0 Å². The summed E-state index contributed by atoms with van der Waals surface area (Å²) >= 11 is 0. The van der Waals surface area contributed by atoms with Gasteiger partial charge in [0, 0.05) is 33.7 Å².